The van der Waals surface area contributed by atoms with Crippen molar-refractivity contribution < 1.29 is 22.7 Å². The summed E-state index contributed by atoms with van der Waals surface area (Å²) in [6.45, 7) is 1.15. The van der Waals surface area contributed by atoms with E-state index in [1.165, 1.54) is 12.6 Å². The molecule has 3 aromatic rings. The number of hydrogen-bond donors (Lipinski definition) is 0. The molecule has 186 valence electrons. The van der Waals surface area contributed by atoms with Crippen LogP contribution in [0.25, 0.3) is 16.7 Å². The lowest BCUT2D eigenvalue weighted by Crippen LogP contribution is -2.43. The lowest BCUT2D eigenvalue weighted by atomic mass is 10.1. The molecule has 5 rings (SSSR count). The molecule has 0 saturated carbocycles. The van der Waals surface area contributed by atoms with E-state index in [4.69, 9.17) is 9.47 Å². The molecule has 0 atom stereocenters. The summed E-state index contributed by atoms with van der Waals surface area (Å²) >= 11 is 1.91. The minimum atomic E-state index is -3.28. The van der Waals surface area contributed by atoms with E-state index < -0.39 is 9.84 Å². The highest BCUT2D eigenvalue weighted by atomic mass is 32.2. The Bertz CT molecular complexity index is 1300. The van der Waals surface area contributed by atoms with Gasteiger partial charge < -0.3 is 14.4 Å². The molecule has 10 nitrogen and oxygen atoms in total. The average Bonchev–Trinajstić information content (AvgIpc) is 3.30. The summed E-state index contributed by atoms with van der Waals surface area (Å²) in [5.41, 5.74) is 1.24. The van der Waals surface area contributed by atoms with Crippen molar-refractivity contribution in [2.24, 2.45) is 0 Å². The summed E-state index contributed by atoms with van der Waals surface area (Å²) < 4.78 is 37.0. The Hall–Kier alpha value is -2.86. The van der Waals surface area contributed by atoms with Crippen LogP contribution in [0.3, 0.4) is 0 Å². The van der Waals surface area contributed by atoms with E-state index in [9.17, 15) is 13.2 Å². The summed E-state index contributed by atoms with van der Waals surface area (Å²) in [6.07, 6.45) is 7.18. The van der Waals surface area contributed by atoms with Gasteiger partial charge in [-0.2, -0.15) is 16.9 Å². The van der Waals surface area contributed by atoms with E-state index in [2.05, 4.69) is 15.1 Å². The molecule has 0 N–H and O–H groups in total. The number of carbonyl (C=O) groups is 1. The van der Waals surface area contributed by atoms with Gasteiger partial charge in [-0.1, -0.05) is 0 Å². The fourth-order valence-electron chi connectivity index (χ4n) is 4.27. The van der Waals surface area contributed by atoms with Crippen molar-refractivity contribution in [2.75, 3.05) is 30.9 Å². The minimum Gasteiger partial charge on any atom is -0.474 e. The maximum Gasteiger partial charge on any atom is 0.410 e. The van der Waals surface area contributed by atoms with Crippen LogP contribution < -0.4 is 4.74 Å². The third kappa shape index (κ3) is 5.37. The van der Waals surface area contributed by atoms with Crippen LogP contribution >= 0.6 is 11.8 Å². The number of thioether (sulfide) groups is 1. The van der Waals surface area contributed by atoms with Gasteiger partial charge in [0.15, 0.2) is 15.5 Å². The quantitative estimate of drug-likeness (QED) is 0.503. The summed E-state index contributed by atoms with van der Waals surface area (Å²) in [7, 11) is -3.28. The van der Waals surface area contributed by atoms with Crippen LogP contribution in [0.4, 0.5) is 4.79 Å². The van der Waals surface area contributed by atoms with Gasteiger partial charge in [-0.25, -0.2) is 27.9 Å². The molecule has 0 spiro atoms. The predicted molar refractivity (Wildman–Crippen MR) is 132 cm³/mol. The van der Waals surface area contributed by atoms with Gasteiger partial charge in [-0.05, 0) is 48.6 Å². The molecule has 2 aliphatic rings. The van der Waals surface area contributed by atoms with E-state index in [-0.39, 0.29) is 23.2 Å². The Morgan fingerprint density at radius 1 is 1.03 bits per heavy atom. The fraction of sp³-hybridized carbons (Fsp3) is 0.478. The first kappa shape index (κ1) is 23.9. The number of benzene rings is 1. The van der Waals surface area contributed by atoms with Gasteiger partial charge in [0.05, 0.1) is 16.8 Å². The van der Waals surface area contributed by atoms with Gasteiger partial charge in [0.2, 0.25) is 5.88 Å². The first-order chi connectivity index (χ1) is 16.9. The minimum absolute atomic E-state index is 0.0335. The zero-order chi connectivity index (χ0) is 24.4. The number of piperidine rings is 1. The van der Waals surface area contributed by atoms with Gasteiger partial charge in [0.1, 0.15) is 23.9 Å². The van der Waals surface area contributed by atoms with Crippen molar-refractivity contribution in [3.8, 4) is 11.6 Å². The van der Waals surface area contributed by atoms with Crippen molar-refractivity contribution in [1.29, 1.82) is 0 Å². The lowest BCUT2D eigenvalue weighted by Gasteiger charge is -2.33. The molecule has 35 heavy (non-hydrogen) atoms. The summed E-state index contributed by atoms with van der Waals surface area (Å²) in [6, 6.07) is 6.46. The highest BCUT2D eigenvalue weighted by Crippen LogP contribution is 2.27. The van der Waals surface area contributed by atoms with Crippen LogP contribution in [-0.4, -0.2) is 82.2 Å². The molecule has 4 heterocycles. The van der Waals surface area contributed by atoms with E-state index in [1.54, 1.807) is 40.0 Å². The molecule has 2 saturated heterocycles. The molecule has 1 aromatic carbocycles. The zero-order valence-electron chi connectivity index (χ0n) is 19.4. The van der Waals surface area contributed by atoms with Crippen molar-refractivity contribution in [2.45, 2.75) is 42.8 Å². The number of sulfone groups is 1. The smallest absolute Gasteiger partial charge is 0.410 e. The van der Waals surface area contributed by atoms with Gasteiger partial charge in [0.25, 0.3) is 0 Å². The third-order valence-corrected chi connectivity index (χ3v) is 8.43. The monoisotopic (exact) mass is 517 g/mol. The number of nitrogens with zero attached hydrogens (tertiary/aromatic N) is 5. The van der Waals surface area contributed by atoms with Crippen LogP contribution in [0, 0.1) is 0 Å². The van der Waals surface area contributed by atoms with E-state index >= 15 is 0 Å². The number of hydrogen-bond acceptors (Lipinski definition) is 9. The molecule has 2 aliphatic heterocycles. The van der Waals surface area contributed by atoms with Crippen LogP contribution in [0.2, 0.25) is 0 Å². The Morgan fingerprint density at radius 2 is 1.74 bits per heavy atom. The fourth-order valence-corrected chi connectivity index (χ4v) is 5.96. The second-order valence-electron chi connectivity index (χ2n) is 8.74. The number of rotatable bonds is 5. The molecule has 0 bridgehead atoms. The van der Waals surface area contributed by atoms with Gasteiger partial charge in [-0.15, -0.1) is 0 Å². The Kier molecular flexibility index (Phi) is 6.83. The Labute approximate surface area is 207 Å². The number of fused-ring (bicyclic) bond motifs is 1. The number of ether oxygens (including phenoxy) is 2. The molecule has 2 aromatic heterocycles. The summed E-state index contributed by atoms with van der Waals surface area (Å²) in [5, 5.41) is 5.08. The van der Waals surface area contributed by atoms with Gasteiger partial charge in [0, 0.05) is 32.2 Å². The molecular weight excluding hydrogens is 490 g/mol. The Morgan fingerprint density at radius 3 is 2.43 bits per heavy atom. The predicted octanol–water partition coefficient (Wildman–Crippen LogP) is 3.09. The van der Waals surface area contributed by atoms with Gasteiger partial charge in [-0.3, -0.25) is 0 Å². The zero-order valence-corrected chi connectivity index (χ0v) is 21.0. The SMILES string of the molecule is CS(=O)(=O)c1ccc(-n2ncc3c(OC4CCN(C(=O)OC5CCSCC5)CC4)ncnc32)cc1. The van der Waals surface area contributed by atoms with E-state index in [0.717, 1.165) is 24.3 Å². The summed E-state index contributed by atoms with van der Waals surface area (Å²) in [5.74, 6) is 2.53. The molecule has 12 heteroatoms. The van der Waals surface area contributed by atoms with Crippen molar-refractivity contribution >= 4 is 38.7 Å². The highest BCUT2D eigenvalue weighted by molar-refractivity contribution is 7.99. The van der Waals surface area contributed by atoms with Crippen molar-refractivity contribution in [3.05, 3.63) is 36.8 Å². The van der Waals surface area contributed by atoms with E-state index in [0.29, 0.717) is 48.5 Å². The third-order valence-electron chi connectivity index (χ3n) is 6.25. The number of likely N-dealkylation sites (tertiary alicyclic amines) is 1. The maximum absolute atomic E-state index is 12.5. The van der Waals surface area contributed by atoms with Crippen LogP contribution in [0.5, 0.6) is 5.88 Å². The second kappa shape index (κ2) is 10.0. The van der Waals surface area contributed by atoms with Crippen molar-refractivity contribution in [1.82, 2.24) is 24.6 Å². The molecule has 0 aliphatic carbocycles. The standard InChI is InChI=1S/C23H27N5O5S2/c1-35(30,31)19-4-2-16(3-5-19)28-21-20(14-26-28)22(25-15-24-21)32-17-6-10-27(11-7-17)23(29)33-18-8-12-34-13-9-18/h2-5,14-15,17-18H,6-13H2,1H3. The number of aromatic nitrogens is 4. The molecule has 0 unspecified atom stereocenters. The topological polar surface area (TPSA) is 117 Å². The molecule has 0 radical (unpaired) electrons. The van der Waals surface area contributed by atoms with Crippen molar-refractivity contribution in [3.63, 3.8) is 0 Å². The normalized spacial score (nSPS) is 18.0. The Balaban J connectivity index is 1.24. The van der Waals surface area contributed by atoms with E-state index in [1.807, 2.05) is 11.8 Å². The number of amides is 1. The maximum atomic E-state index is 12.5. The summed E-state index contributed by atoms with van der Waals surface area (Å²) in [4.78, 5) is 23.2. The second-order valence-corrected chi connectivity index (χ2v) is 12.0. The van der Waals surface area contributed by atoms with Crippen LogP contribution in [-0.2, 0) is 14.6 Å². The van der Waals surface area contributed by atoms with Crippen LogP contribution in [0.15, 0.2) is 41.7 Å². The van der Waals surface area contributed by atoms with Crippen LogP contribution in [0.1, 0.15) is 25.7 Å². The first-order valence-electron chi connectivity index (χ1n) is 11.6. The average molecular weight is 518 g/mol. The number of carbonyl (C=O) groups excluding carboxylic acids is 1. The molecule has 2 fully saturated rings. The lowest BCUT2D eigenvalue weighted by molar-refractivity contribution is 0.0390. The largest absolute Gasteiger partial charge is 0.474 e. The molecular formula is C23H27N5O5S2. The van der Waals surface area contributed by atoms with Gasteiger partial charge >= 0.3 is 6.09 Å². The first-order valence-corrected chi connectivity index (χ1v) is 14.6. The highest BCUT2D eigenvalue weighted by Gasteiger charge is 2.28. The molecule has 1 amide bonds.